The standard InChI is InChI=1S/C23H24ClFN2O4/c1-16-13-26(14-17-2-6-20(25)7-3-17)10-11-27(16)22(28)15-31-21-8-5-19(24)12-18(21)4-9-23(29)30/h2-9,12,16H,10-11,13-15H2,1H3,(H,29,30)/b9-4+. The van der Waals surface area contributed by atoms with E-state index in [1.165, 1.54) is 18.2 Å². The summed E-state index contributed by atoms with van der Waals surface area (Å²) in [6.45, 7) is 4.51. The van der Waals surface area contributed by atoms with E-state index in [-0.39, 0.29) is 24.4 Å². The van der Waals surface area contributed by atoms with Gasteiger partial charge in [0, 0.05) is 48.9 Å². The number of benzene rings is 2. The van der Waals surface area contributed by atoms with Crippen molar-refractivity contribution in [2.45, 2.75) is 19.5 Å². The van der Waals surface area contributed by atoms with Crippen LogP contribution in [-0.2, 0) is 16.1 Å². The van der Waals surface area contributed by atoms with E-state index in [1.54, 1.807) is 35.2 Å². The zero-order valence-electron chi connectivity index (χ0n) is 17.1. The highest BCUT2D eigenvalue weighted by Gasteiger charge is 2.27. The number of ether oxygens (including phenoxy) is 1. The molecule has 1 fully saturated rings. The molecule has 1 amide bonds. The molecule has 2 aromatic carbocycles. The van der Waals surface area contributed by atoms with Gasteiger partial charge in [-0.15, -0.1) is 0 Å². The first kappa shape index (κ1) is 22.8. The highest BCUT2D eigenvalue weighted by molar-refractivity contribution is 6.30. The molecule has 1 aliphatic rings. The van der Waals surface area contributed by atoms with E-state index in [0.29, 0.717) is 42.5 Å². The summed E-state index contributed by atoms with van der Waals surface area (Å²) in [7, 11) is 0. The van der Waals surface area contributed by atoms with Crippen LogP contribution < -0.4 is 4.74 Å². The van der Waals surface area contributed by atoms with Gasteiger partial charge in [0.05, 0.1) is 0 Å². The molecule has 6 nitrogen and oxygen atoms in total. The number of hydrogen-bond donors (Lipinski definition) is 1. The summed E-state index contributed by atoms with van der Waals surface area (Å²) in [4.78, 5) is 27.5. The summed E-state index contributed by atoms with van der Waals surface area (Å²) in [5.74, 6) is -1.10. The third-order valence-corrected chi connectivity index (χ3v) is 5.31. The number of hydrogen-bond acceptors (Lipinski definition) is 4. The van der Waals surface area contributed by atoms with Crippen LogP contribution in [0.1, 0.15) is 18.1 Å². The van der Waals surface area contributed by atoms with Crippen LogP contribution in [0.5, 0.6) is 5.75 Å². The molecule has 0 aliphatic carbocycles. The fourth-order valence-corrected chi connectivity index (χ4v) is 3.74. The number of carbonyl (C=O) groups excluding carboxylic acids is 1. The Hall–Kier alpha value is -2.90. The third-order valence-electron chi connectivity index (χ3n) is 5.08. The Labute approximate surface area is 185 Å². The van der Waals surface area contributed by atoms with Gasteiger partial charge in [-0.2, -0.15) is 0 Å². The number of carboxylic acids is 1. The first-order valence-electron chi connectivity index (χ1n) is 9.91. The fraction of sp³-hybridized carbons (Fsp3) is 0.304. The Morgan fingerprint density at radius 2 is 1.97 bits per heavy atom. The molecule has 0 radical (unpaired) electrons. The molecule has 3 rings (SSSR count). The Kier molecular flexibility index (Phi) is 7.65. The van der Waals surface area contributed by atoms with Crippen molar-refractivity contribution in [3.05, 3.63) is 70.5 Å². The predicted octanol–water partition coefficient (Wildman–Crippen LogP) is 3.69. The van der Waals surface area contributed by atoms with Crippen molar-refractivity contribution in [2.24, 2.45) is 0 Å². The second-order valence-electron chi connectivity index (χ2n) is 7.44. The number of carbonyl (C=O) groups is 2. The van der Waals surface area contributed by atoms with Gasteiger partial charge in [0.1, 0.15) is 11.6 Å². The molecule has 2 aromatic rings. The molecule has 164 valence electrons. The number of carboxylic acid groups (broad SMARTS) is 1. The molecule has 31 heavy (non-hydrogen) atoms. The minimum Gasteiger partial charge on any atom is -0.483 e. The largest absolute Gasteiger partial charge is 0.483 e. The van der Waals surface area contributed by atoms with Gasteiger partial charge in [-0.3, -0.25) is 9.69 Å². The molecule has 1 atom stereocenters. The zero-order valence-corrected chi connectivity index (χ0v) is 17.9. The van der Waals surface area contributed by atoms with Gasteiger partial charge >= 0.3 is 5.97 Å². The lowest BCUT2D eigenvalue weighted by Crippen LogP contribution is -2.54. The third kappa shape index (κ3) is 6.54. The fourth-order valence-electron chi connectivity index (χ4n) is 3.56. The van der Waals surface area contributed by atoms with Crippen LogP contribution in [0.2, 0.25) is 5.02 Å². The van der Waals surface area contributed by atoms with Crippen LogP contribution in [0, 0.1) is 5.82 Å². The molecule has 0 aromatic heterocycles. The topological polar surface area (TPSA) is 70.1 Å². The second kappa shape index (κ2) is 10.4. The smallest absolute Gasteiger partial charge is 0.328 e. The maximum absolute atomic E-state index is 13.1. The average Bonchev–Trinajstić information content (AvgIpc) is 2.73. The molecular weight excluding hydrogens is 423 g/mol. The second-order valence-corrected chi connectivity index (χ2v) is 7.88. The molecule has 0 bridgehead atoms. The van der Waals surface area contributed by atoms with Crippen molar-refractivity contribution in [3.8, 4) is 5.75 Å². The first-order chi connectivity index (χ1) is 14.8. The minimum absolute atomic E-state index is 0.00175. The summed E-state index contributed by atoms with van der Waals surface area (Å²) in [5.41, 5.74) is 1.52. The van der Waals surface area contributed by atoms with Crippen molar-refractivity contribution < 1.29 is 23.8 Å². The summed E-state index contributed by atoms with van der Waals surface area (Å²) in [6, 6.07) is 11.3. The van der Waals surface area contributed by atoms with Crippen molar-refractivity contribution in [1.82, 2.24) is 9.80 Å². The summed E-state index contributed by atoms with van der Waals surface area (Å²) >= 11 is 5.98. The Morgan fingerprint density at radius 1 is 1.23 bits per heavy atom. The van der Waals surface area contributed by atoms with Crippen molar-refractivity contribution in [3.63, 3.8) is 0 Å². The quantitative estimate of drug-likeness (QED) is 0.657. The zero-order chi connectivity index (χ0) is 22.4. The van der Waals surface area contributed by atoms with Crippen LogP contribution in [0.4, 0.5) is 4.39 Å². The maximum Gasteiger partial charge on any atom is 0.328 e. The van der Waals surface area contributed by atoms with Gasteiger partial charge in [0.2, 0.25) is 0 Å². The van der Waals surface area contributed by atoms with E-state index in [2.05, 4.69) is 4.90 Å². The van der Waals surface area contributed by atoms with E-state index < -0.39 is 5.97 Å². The molecule has 1 saturated heterocycles. The highest BCUT2D eigenvalue weighted by Crippen LogP contribution is 2.24. The number of nitrogens with zero attached hydrogens (tertiary/aromatic N) is 2. The molecule has 0 saturated carbocycles. The van der Waals surface area contributed by atoms with E-state index in [1.807, 2.05) is 6.92 Å². The molecule has 8 heteroatoms. The van der Waals surface area contributed by atoms with Crippen LogP contribution in [0.25, 0.3) is 6.08 Å². The molecule has 1 aliphatic heterocycles. The summed E-state index contributed by atoms with van der Waals surface area (Å²) in [6.07, 6.45) is 2.37. The van der Waals surface area contributed by atoms with Gasteiger partial charge in [0.15, 0.2) is 6.61 Å². The van der Waals surface area contributed by atoms with Crippen molar-refractivity contribution >= 4 is 29.6 Å². The van der Waals surface area contributed by atoms with Gasteiger partial charge in [-0.05, 0) is 48.9 Å². The molecule has 0 spiro atoms. The Balaban J connectivity index is 1.56. The Morgan fingerprint density at radius 3 is 2.65 bits per heavy atom. The lowest BCUT2D eigenvalue weighted by Gasteiger charge is -2.39. The van der Waals surface area contributed by atoms with Gasteiger partial charge in [-0.25, -0.2) is 9.18 Å². The lowest BCUT2D eigenvalue weighted by atomic mass is 10.1. The maximum atomic E-state index is 13.1. The number of rotatable bonds is 7. The molecular formula is C23H24ClFN2O4. The minimum atomic E-state index is -1.09. The van der Waals surface area contributed by atoms with E-state index in [0.717, 1.165) is 11.6 Å². The summed E-state index contributed by atoms with van der Waals surface area (Å²) in [5, 5.41) is 9.28. The van der Waals surface area contributed by atoms with Gasteiger partial charge in [-0.1, -0.05) is 23.7 Å². The Bertz CT molecular complexity index is 965. The molecule has 1 unspecified atom stereocenters. The van der Waals surface area contributed by atoms with Crippen LogP contribution in [-0.4, -0.2) is 59.1 Å². The number of halogens is 2. The molecule has 1 heterocycles. The van der Waals surface area contributed by atoms with Crippen LogP contribution in [0.3, 0.4) is 0 Å². The van der Waals surface area contributed by atoms with E-state index >= 15 is 0 Å². The normalized spacial score (nSPS) is 17.1. The average molecular weight is 447 g/mol. The molecule has 1 N–H and O–H groups in total. The number of aliphatic carboxylic acids is 1. The van der Waals surface area contributed by atoms with Crippen molar-refractivity contribution in [2.75, 3.05) is 26.2 Å². The monoisotopic (exact) mass is 446 g/mol. The SMILES string of the molecule is CC1CN(Cc2ccc(F)cc2)CCN1C(=O)COc1ccc(Cl)cc1/C=C/C(=O)O. The van der Waals surface area contributed by atoms with Crippen LogP contribution in [0.15, 0.2) is 48.5 Å². The van der Waals surface area contributed by atoms with Crippen LogP contribution >= 0.6 is 11.6 Å². The van der Waals surface area contributed by atoms with E-state index in [9.17, 15) is 14.0 Å². The van der Waals surface area contributed by atoms with Crippen molar-refractivity contribution in [1.29, 1.82) is 0 Å². The summed E-state index contributed by atoms with van der Waals surface area (Å²) < 4.78 is 18.8. The van der Waals surface area contributed by atoms with Gasteiger partial charge in [0.25, 0.3) is 5.91 Å². The lowest BCUT2D eigenvalue weighted by molar-refractivity contribution is -0.138. The number of piperazine rings is 1. The predicted molar refractivity (Wildman–Crippen MR) is 116 cm³/mol. The first-order valence-corrected chi connectivity index (χ1v) is 10.3. The van der Waals surface area contributed by atoms with E-state index in [4.69, 9.17) is 21.4 Å². The highest BCUT2D eigenvalue weighted by atomic mass is 35.5. The number of amides is 1. The van der Waals surface area contributed by atoms with Gasteiger partial charge < -0.3 is 14.7 Å².